The number of nitrogens with one attached hydrogen (secondary N) is 1. The third kappa shape index (κ3) is 5.60. The summed E-state index contributed by atoms with van der Waals surface area (Å²) < 4.78 is 5.28. The van der Waals surface area contributed by atoms with Crippen LogP contribution in [0.3, 0.4) is 0 Å². The highest BCUT2D eigenvalue weighted by atomic mass is 32.2. The van der Waals surface area contributed by atoms with Crippen molar-refractivity contribution in [2.75, 3.05) is 33.8 Å². The second-order valence-corrected chi connectivity index (χ2v) is 8.63. The van der Waals surface area contributed by atoms with E-state index >= 15 is 0 Å². The summed E-state index contributed by atoms with van der Waals surface area (Å²) in [4.78, 5) is 44.8. The normalized spacial score (nSPS) is 17.5. The Bertz CT molecular complexity index is 1050. The number of carbonyl (C=O) groups excluding carboxylic acids is 2. The minimum Gasteiger partial charge on any atom is -0.463 e. The number of fused-ring (bicyclic) bond motifs is 1. The van der Waals surface area contributed by atoms with Crippen LogP contribution in [0.5, 0.6) is 0 Å². The first-order valence-corrected chi connectivity index (χ1v) is 11.4. The predicted molar refractivity (Wildman–Crippen MR) is 126 cm³/mol. The molecule has 0 aromatic heterocycles. The van der Waals surface area contributed by atoms with E-state index in [4.69, 9.17) is 4.74 Å². The molecule has 0 saturated heterocycles. The summed E-state index contributed by atoms with van der Waals surface area (Å²) in [6.45, 7) is 4.83. The van der Waals surface area contributed by atoms with Crippen LogP contribution in [0.1, 0.15) is 31.9 Å². The highest BCUT2D eigenvalue weighted by Crippen LogP contribution is 2.45. The van der Waals surface area contributed by atoms with Crippen LogP contribution in [0, 0.1) is 10.1 Å². The molecule has 10 nitrogen and oxygen atoms in total. The molecule has 1 amide bonds. The number of amidine groups is 1. The van der Waals surface area contributed by atoms with Gasteiger partial charge in [0, 0.05) is 30.9 Å². The van der Waals surface area contributed by atoms with Gasteiger partial charge in [-0.3, -0.25) is 14.9 Å². The molecule has 0 saturated carbocycles. The van der Waals surface area contributed by atoms with Crippen molar-refractivity contribution >= 4 is 34.5 Å². The fourth-order valence-corrected chi connectivity index (χ4v) is 4.57. The fourth-order valence-electron chi connectivity index (χ4n) is 3.61. The lowest BCUT2D eigenvalue weighted by Crippen LogP contribution is -2.38. The summed E-state index contributed by atoms with van der Waals surface area (Å²) in [5, 5.41) is 16.7. The molecule has 0 unspecified atom stereocenters. The van der Waals surface area contributed by atoms with E-state index in [1.165, 1.54) is 23.9 Å². The molecule has 1 aromatic rings. The van der Waals surface area contributed by atoms with E-state index in [2.05, 4.69) is 10.3 Å². The van der Waals surface area contributed by atoms with Gasteiger partial charge in [0.25, 0.3) is 5.69 Å². The van der Waals surface area contributed by atoms with Crippen molar-refractivity contribution in [3.8, 4) is 0 Å². The predicted octanol–water partition coefficient (Wildman–Crippen LogP) is 2.80. The Hall–Kier alpha value is -3.18. The van der Waals surface area contributed by atoms with Crippen molar-refractivity contribution < 1.29 is 19.2 Å². The number of benzene rings is 1. The molecule has 33 heavy (non-hydrogen) atoms. The standard InChI is InChI=1S/C22H27N5O5S/c1-5-32-21(29)19-14(2)24-22-26(20(19)15-7-6-8-16(11-15)27(30)31)17(13-33-22)12-18(28)23-9-10-25(3)4/h6-8,11,13,20H,5,9-10,12H2,1-4H3,(H,23,28)/t20-/m1/s1. The van der Waals surface area contributed by atoms with Gasteiger partial charge in [0.2, 0.25) is 5.91 Å². The van der Waals surface area contributed by atoms with Gasteiger partial charge in [-0.15, -0.1) is 0 Å². The molecule has 0 spiro atoms. The van der Waals surface area contributed by atoms with Gasteiger partial charge in [0.05, 0.1) is 35.3 Å². The second kappa shape index (κ2) is 10.6. The molecule has 2 heterocycles. The third-order valence-electron chi connectivity index (χ3n) is 5.12. The molecular weight excluding hydrogens is 446 g/mol. The van der Waals surface area contributed by atoms with Gasteiger partial charge in [-0.1, -0.05) is 23.9 Å². The van der Waals surface area contributed by atoms with Crippen LogP contribution in [0.2, 0.25) is 0 Å². The lowest BCUT2D eigenvalue weighted by atomic mass is 9.93. The van der Waals surface area contributed by atoms with Crippen LogP contribution in [-0.2, 0) is 14.3 Å². The Balaban J connectivity index is 1.97. The van der Waals surface area contributed by atoms with Crippen molar-refractivity contribution in [3.05, 3.63) is 62.3 Å². The number of allylic oxidation sites excluding steroid dienone is 1. The molecule has 2 aliphatic heterocycles. The summed E-state index contributed by atoms with van der Waals surface area (Å²) in [5.74, 6) is -0.701. The first-order chi connectivity index (χ1) is 15.7. The zero-order chi connectivity index (χ0) is 24.1. The number of rotatable bonds is 9. The number of ether oxygens (including phenoxy) is 1. The number of aliphatic imine (C=N–C) groups is 1. The first kappa shape index (κ1) is 24.5. The summed E-state index contributed by atoms with van der Waals surface area (Å²) >= 11 is 1.35. The molecule has 1 atom stereocenters. The molecule has 1 aromatic carbocycles. The van der Waals surface area contributed by atoms with Gasteiger partial charge < -0.3 is 19.9 Å². The van der Waals surface area contributed by atoms with Crippen molar-refractivity contribution in [1.29, 1.82) is 0 Å². The van der Waals surface area contributed by atoms with Gasteiger partial charge in [-0.25, -0.2) is 9.79 Å². The molecule has 0 bridgehead atoms. The second-order valence-electron chi connectivity index (χ2n) is 7.80. The Morgan fingerprint density at radius 1 is 1.36 bits per heavy atom. The van der Waals surface area contributed by atoms with Gasteiger partial charge in [0.15, 0.2) is 5.17 Å². The van der Waals surface area contributed by atoms with Gasteiger partial charge in [0.1, 0.15) is 0 Å². The number of amides is 1. The maximum atomic E-state index is 12.9. The van der Waals surface area contributed by atoms with E-state index in [0.717, 1.165) is 0 Å². The van der Waals surface area contributed by atoms with E-state index in [9.17, 15) is 19.7 Å². The van der Waals surface area contributed by atoms with Crippen LogP contribution in [0.25, 0.3) is 0 Å². The zero-order valence-electron chi connectivity index (χ0n) is 19.0. The Labute approximate surface area is 196 Å². The fraction of sp³-hybridized carbons (Fsp3) is 0.409. The number of hydrogen-bond acceptors (Lipinski definition) is 9. The number of esters is 1. The van der Waals surface area contributed by atoms with E-state index in [-0.39, 0.29) is 24.6 Å². The molecule has 11 heteroatoms. The number of nitro benzene ring substituents is 1. The van der Waals surface area contributed by atoms with Gasteiger partial charge in [-0.05, 0) is 38.9 Å². The number of carbonyl (C=O) groups is 2. The van der Waals surface area contributed by atoms with Gasteiger partial charge >= 0.3 is 5.97 Å². The maximum absolute atomic E-state index is 12.9. The van der Waals surface area contributed by atoms with Crippen LogP contribution in [0.15, 0.2) is 51.6 Å². The minimum atomic E-state index is -0.702. The SMILES string of the molecule is CCOC(=O)C1=C(C)N=C2SC=C(CC(=O)NCCN(C)C)N2[C@@H]1c1cccc([N+](=O)[O-])c1. The quantitative estimate of drug-likeness (QED) is 0.331. The number of nitro groups is 1. The highest BCUT2D eigenvalue weighted by Gasteiger charge is 2.41. The summed E-state index contributed by atoms with van der Waals surface area (Å²) in [6.07, 6.45) is 0.0834. The van der Waals surface area contributed by atoms with Crippen LogP contribution in [-0.4, -0.2) is 65.6 Å². The molecule has 0 aliphatic carbocycles. The average molecular weight is 474 g/mol. The monoisotopic (exact) mass is 473 g/mol. The van der Waals surface area contributed by atoms with Crippen LogP contribution < -0.4 is 5.32 Å². The Kier molecular flexibility index (Phi) is 7.88. The summed E-state index contributed by atoms with van der Waals surface area (Å²) in [6, 6.07) is 5.45. The average Bonchev–Trinajstić information content (AvgIpc) is 3.14. The van der Waals surface area contributed by atoms with Crippen molar-refractivity contribution in [2.24, 2.45) is 4.99 Å². The highest BCUT2D eigenvalue weighted by molar-refractivity contribution is 8.16. The first-order valence-electron chi connectivity index (χ1n) is 10.5. The number of hydrogen-bond donors (Lipinski definition) is 1. The lowest BCUT2D eigenvalue weighted by Gasteiger charge is -2.36. The van der Waals surface area contributed by atoms with E-state index < -0.39 is 16.9 Å². The minimum absolute atomic E-state index is 0.0834. The molecule has 2 aliphatic rings. The lowest BCUT2D eigenvalue weighted by molar-refractivity contribution is -0.384. The maximum Gasteiger partial charge on any atom is 0.338 e. The molecule has 0 fully saturated rings. The van der Waals surface area contributed by atoms with Crippen LogP contribution >= 0.6 is 11.8 Å². The molecule has 3 rings (SSSR count). The van der Waals surface area contributed by atoms with Crippen LogP contribution in [0.4, 0.5) is 5.69 Å². The topological polar surface area (TPSA) is 117 Å². The molecule has 1 N–H and O–H groups in total. The Morgan fingerprint density at radius 2 is 2.12 bits per heavy atom. The van der Waals surface area contributed by atoms with E-state index in [0.29, 0.717) is 40.8 Å². The number of thioether (sulfide) groups is 1. The van der Waals surface area contributed by atoms with Crippen molar-refractivity contribution in [3.63, 3.8) is 0 Å². The molecule has 0 radical (unpaired) electrons. The largest absolute Gasteiger partial charge is 0.463 e. The summed E-state index contributed by atoms with van der Waals surface area (Å²) in [7, 11) is 3.85. The van der Waals surface area contributed by atoms with E-state index in [1.54, 1.807) is 30.9 Å². The third-order valence-corrected chi connectivity index (χ3v) is 6.00. The molecule has 176 valence electrons. The smallest absolute Gasteiger partial charge is 0.338 e. The van der Waals surface area contributed by atoms with Crippen molar-refractivity contribution in [1.82, 2.24) is 15.1 Å². The number of nitrogens with zero attached hydrogens (tertiary/aromatic N) is 4. The van der Waals surface area contributed by atoms with Crippen molar-refractivity contribution in [2.45, 2.75) is 26.3 Å². The Morgan fingerprint density at radius 3 is 2.79 bits per heavy atom. The number of non-ortho nitro benzene ring substituents is 1. The molecular formula is C22H27N5O5S. The van der Waals surface area contributed by atoms with E-state index in [1.807, 2.05) is 24.4 Å². The van der Waals surface area contributed by atoms with Gasteiger partial charge in [-0.2, -0.15) is 0 Å². The zero-order valence-corrected chi connectivity index (χ0v) is 19.8. The summed E-state index contributed by atoms with van der Waals surface area (Å²) in [5.41, 5.74) is 1.89. The number of likely N-dealkylation sites (N-methyl/N-ethyl adjacent to an activating group) is 1.